The number of hydrogen-bond acceptors (Lipinski definition) is 3. The summed E-state index contributed by atoms with van der Waals surface area (Å²) in [4.78, 5) is 24.0. The van der Waals surface area contributed by atoms with E-state index >= 15 is 0 Å². The quantitative estimate of drug-likeness (QED) is 0.275. The van der Waals surface area contributed by atoms with Gasteiger partial charge in [-0.05, 0) is 24.8 Å². The van der Waals surface area contributed by atoms with E-state index in [9.17, 15) is 36.6 Å². The molecule has 1 aromatic carbocycles. The Morgan fingerprint density at radius 1 is 0.966 bits per heavy atom. The summed E-state index contributed by atoms with van der Waals surface area (Å²) in [5.74, 6) is -12.1. The van der Waals surface area contributed by atoms with Gasteiger partial charge >= 0.3 is 0 Å². The Kier molecular flexibility index (Phi) is 8.12. The molecule has 2 amide bonds. The Morgan fingerprint density at radius 3 is 2.07 bits per heavy atom. The van der Waals surface area contributed by atoms with Crippen molar-refractivity contribution < 1.29 is 36.6 Å². The minimum absolute atomic E-state index is 0.317. The molecule has 1 fully saturated rings. The van der Waals surface area contributed by atoms with Crippen LogP contribution in [0.4, 0.5) is 22.0 Å². The molecule has 1 aliphatic rings. The average molecular weight is 420 g/mol. The molecule has 1 unspecified atom stereocenters. The van der Waals surface area contributed by atoms with E-state index in [1.807, 2.05) is 0 Å². The van der Waals surface area contributed by atoms with Gasteiger partial charge in [-0.1, -0.05) is 19.3 Å². The number of halogens is 5. The minimum Gasteiger partial charge on any atom is -0.394 e. The highest BCUT2D eigenvalue weighted by molar-refractivity contribution is 5.95. The van der Waals surface area contributed by atoms with Crippen LogP contribution in [-0.4, -0.2) is 36.1 Å². The second-order valence-corrected chi connectivity index (χ2v) is 6.81. The van der Waals surface area contributed by atoms with Crippen LogP contribution in [-0.2, 0) is 9.59 Å². The molecule has 0 bridgehead atoms. The third kappa shape index (κ3) is 5.75. The summed E-state index contributed by atoms with van der Waals surface area (Å²) in [6, 6.07) is -1.33. The highest BCUT2D eigenvalue weighted by atomic mass is 19.2. The van der Waals surface area contributed by atoms with Gasteiger partial charge in [0.2, 0.25) is 17.6 Å². The molecule has 160 valence electrons. The fourth-order valence-electron chi connectivity index (χ4n) is 3.10. The molecule has 0 aliphatic heterocycles. The number of carbonyl (C=O) groups excluding carboxylic acids is 2. The van der Waals surface area contributed by atoms with Crippen LogP contribution >= 0.6 is 0 Å². The number of carbonyl (C=O) groups is 2. The van der Waals surface area contributed by atoms with Gasteiger partial charge in [0.25, 0.3) is 0 Å². The maximum Gasteiger partial charge on any atom is 0.244 e. The Morgan fingerprint density at radius 2 is 1.52 bits per heavy atom. The van der Waals surface area contributed by atoms with Gasteiger partial charge in [-0.2, -0.15) is 0 Å². The maximum absolute atomic E-state index is 13.6. The van der Waals surface area contributed by atoms with Crippen molar-refractivity contribution in [2.45, 2.75) is 38.1 Å². The molecule has 0 spiro atoms. The predicted molar refractivity (Wildman–Crippen MR) is 93.9 cm³/mol. The lowest BCUT2D eigenvalue weighted by Gasteiger charge is -2.23. The van der Waals surface area contributed by atoms with E-state index in [1.54, 1.807) is 0 Å². The highest BCUT2D eigenvalue weighted by Crippen LogP contribution is 2.24. The van der Waals surface area contributed by atoms with Crippen LogP contribution in [0.2, 0.25) is 0 Å². The summed E-state index contributed by atoms with van der Waals surface area (Å²) in [6.45, 7) is -0.343. The van der Waals surface area contributed by atoms with Crippen molar-refractivity contribution >= 4 is 17.9 Å². The van der Waals surface area contributed by atoms with Crippen molar-refractivity contribution in [1.82, 2.24) is 10.6 Å². The number of aliphatic hydroxyl groups is 1. The number of hydrogen-bond donors (Lipinski definition) is 3. The zero-order chi connectivity index (χ0) is 21.6. The van der Waals surface area contributed by atoms with Crippen LogP contribution in [0, 0.1) is 35.0 Å². The summed E-state index contributed by atoms with van der Waals surface area (Å²) in [5, 5.41) is 14.0. The van der Waals surface area contributed by atoms with Crippen LogP contribution in [0.15, 0.2) is 6.08 Å². The Hall–Kier alpha value is -2.49. The monoisotopic (exact) mass is 420 g/mol. The molecule has 1 atom stereocenters. The Balaban J connectivity index is 1.98. The molecule has 1 saturated carbocycles. The number of nitrogens with one attached hydrogen (secondary N) is 2. The third-order valence-electron chi connectivity index (χ3n) is 4.75. The topological polar surface area (TPSA) is 78.4 Å². The predicted octanol–water partition coefficient (Wildman–Crippen LogP) is 2.57. The molecule has 2 rings (SSSR count). The SMILES string of the molecule is O=C(C=Cc1c(F)c(F)c(F)c(F)c1F)NC(CO)C(=O)NCC1CCCCC1. The first-order chi connectivity index (χ1) is 13.8. The van der Waals surface area contributed by atoms with E-state index in [4.69, 9.17) is 0 Å². The average Bonchev–Trinajstić information content (AvgIpc) is 2.73. The van der Waals surface area contributed by atoms with Crippen LogP contribution in [0.25, 0.3) is 6.08 Å². The van der Waals surface area contributed by atoms with E-state index in [-0.39, 0.29) is 0 Å². The first kappa shape index (κ1) is 22.8. The lowest BCUT2D eigenvalue weighted by molar-refractivity contribution is -0.128. The molecule has 0 radical (unpaired) electrons. The zero-order valence-corrected chi connectivity index (χ0v) is 15.4. The van der Waals surface area contributed by atoms with Crippen LogP contribution in [0.3, 0.4) is 0 Å². The number of benzene rings is 1. The van der Waals surface area contributed by atoms with Crippen molar-refractivity contribution in [3.05, 3.63) is 40.7 Å². The number of aliphatic hydroxyl groups excluding tert-OH is 1. The summed E-state index contributed by atoms with van der Waals surface area (Å²) < 4.78 is 66.5. The van der Waals surface area contributed by atoms with E-state index in [2.05, 4.69) is 10.6 Å². The molecular formula is C19H21F5N2O3. The Bertz CT molecular complexity index is 766. The van der Waals surface area contributed by atoms with Gasteiger partial charge in [-0.25, -0.2) is 22.0 Å². The molecule has 1 aromatic rings. The summed E-state index contributed by atoms with van der Waals surface area (Å²) >= 11 is 0. The number of rotatable bonds is 7. The van der Waals surface area contributed by atoms with Gasteiger partial charge in [-0.15, -0.1) is 0 Å². The largest absolute Gasteiger partial charge is 0.394 e. The molecule has 5 nitrogen and oxygen atoms in total. The zero-order valence-electron chi connectivity index (χ0n) is 15.4. The van der Waals surface area contributed by atoms with E-state index < -0.39 is 59.1 Å². The smallest absolute Gasteiger partial charge is 0.244 e. The van der Waals surface area contributed by atoms with Crippen molar-refractivity contribution in [3.63, 3.8) is 0 Å². The van der Waals surface area contributed by atoms with Crippen molar-refractivity contribution in [2.75, 3.05) is 13.2 Å². The first-order valence-electron chi connectivity index (χ1n) is 9.14. The van der Waals surface area contributed by atoms with Crippen molar-refractivity contribution in [1.29, 1.82) is 0 Å². The highest BCUT2D eigenvalue weighted by Gasteiger charge is 2.25. The molecule has 0 aromatic heterocycles. The molecule has 0 saturated heterocycles. The first-order valence-corrected chi connectivity index (χ1v) is 9.14. The van der Waals surface area contributed by atoms with Crippen LogP contribution in [0.5, 0.6) is 0 Å². The van der Waals surface area contributed by atoms with Crippen LogP contribution in [0.1, 0.15) is 37.7 Å². The molecule has 0 heterocycles. The van der Waals surface area contributed by atoms with Gasteiger partial charge in [0.05, 0.1) is 12.2 Å². The fourth-order valence-corrected chi connectivity index (χ4v) is 3.10. The van der Waals surface area contributed by atoms with Crippen LogP contribution < -0.4 is 10.6 Å². The molecule has 3 N–H and O–H groups in total. The maximum atomic E-state index is 13.6. The lowest BCUT2D eigenvalue weighted by Crippen LogP contribution is -2.49. The van der Waals surface area contributed by atoms with E-state index in [1.165, 1.54) is 0 Å². The van der Waals surface area contributed by atoms with Gasteiger partial charge < -0.3 is 15.7 Å². The molecule has 1 aliphatic carbocycles. The standard InChI is InChI=1S/C19H21F5N2O3/c20-14-11(15(21)17(23)18(24)16(14)22)6-7-13(28)26-12(9-27)19(29)25-8-10-4-2-1-3-5-10/h6-7,10,12,27H,1-5,8-9H2,(H,25,29)(H,26,28). The van der Waals surface area contributed by atoms with Crippen molar-refractivity contribution in [2.24, 2.45) is 5.92 Å². The molecule has 29 heavy (non-hydrogen) atoms. The minimum atomic E-state index is -2.31. The van der Waals surface area contributed by atoms with Gasteiger partial charge in [0.1, 0.15) is 6.04 Å². The Labute approximate surface area is 164 Å². The van der Waals surface area contributed by atoms with Gasteiger partial charge in [0, 0.05) is 12.6 Å². The van der Waals surface area contributed by atoms with Gasteiger partial charge in [-0.3, -0.25) is 9.59 Å². The van der Waals surface area contributed by atoms with Gasteiger partial charge in [0.15, 0.2) is 23.3 Å². The summed E-state index contributed by atoms with van der Waals surface area (Å²) in [6.07, 6.45) is 6.15. The second kappa shape index (κ2) is 10.3. The second-order valence-electron chi connectivity index (χ2n) is 6.81. The summed E-state index contributed by atoms with van der Waals surface area (Å²) in [7, 11) is 0. The fraction of sp³-hybridized carbons (Fsp3) is 0.474. The van der Waals surface area contributed by atoms with Crippen molar-refractivity contribution in [3.8, 4) is 0 Å². The molecule has 10 heteroatoms. The van der Waals surface area contributed by atoms with E-state index in [0.717, 1.165) is 32.1 Å². The van der Waals surface area contributed by atoms with E-state index in [0.29, 0.717) is 24.6 Å². The lowest BCUT2D eigenvalue weighted by atomic mass is 9.89. The normalized spacial score (nSPS) is 16.1. The summed E-state index contributed by atoms with van der Waals surface area (Å²) in [5.41, 5.74) is -1.29. The third-order valence-corrected chi connectivity index (χ3v) is 4.75. The number of amides is 2. The molecular weight excluding hydrogens is 399 g/mol.